The van der Waals surface area contributed by atoms with E-state index in [4.69, 9.17) is 4.74 Å². The smallest absolute Gasteiger partial charge is 0.176 e. The van der Waals surface area contributed by atoms with E-state index in [1.165, 1.54) is 12.1 Å². The molecule has 0 amide bonds. The van der Waals surface area contributed by atoms with Crippen molar-refractivity contribution in [2.45, 2.75) is 12.5 Å². The first-order valence-corrected chi connectivity index (χ1v) is 6.37. The molecule has 5 N–H and O–H groups in total. The van der Waals surface area contributed by atoms with Gasteiger partial charge in [0.1, 0.15) is 23.2 Å². The number of carbonyl (C=O) groups is 1. The number of Topliss-reactive ketones (excluding diaryl/α,β-unsaturated/α-hetero) is 1. The average molecular weight is 304 g/mol. The van der Waals surface area contributed by atoms with E-state index in [2.05, 4.69) is 0 Å². The van der Waals surface area contributed by atoms with Crippen LogP contribution in [0.1, 0.15) is 28.4 Å². The van der Waals surface area contributed by atoms with Crippen LogP contribution in [-0.4, -0.2) is 31.3 Å². The molecule has 0 unspecified atom stereocenters. The summed E-state index contributed by atoms with van der Waals surface area (Å²) in [6, 6.07) is 4.63. The first-order valence-electron chi connectivity index (χ1n) is 6.37. The molecule has 2 aromatic carbocycles. The van der Waals surface area contributed by atoms with Crippen molar-refractivity contribution in [2.75, 3.05) is 0 Å². The number of benzene rings is 2. The highest BCUT2D eigenvalue weighted by molar-refractivity contribution is 6.04. The average Bonchev–Trinajstić information content (AvgIpc) is 2.43. The highest BCUT2D eigenvalue weighted by atomic mass is 16.5. The molecule has 0 aliphatic carbocycles. The van der Waals surface area contributed by atoms with Gasteiger partial charge in [-0.2, -0.15) is 0 Å². The quantitative estimate of drug-likeness (QED) is 0.402. The molecule has 0 saturated carbocycles. The topological polar surface area (TPSA) is 127 Å². The molecule has 2 aromatic rings. The monoisotopic (exact) mass is 304 g/mol. The van der Waals surface area contributed by atoms with Crippen LogP contribution in [-0.2, 0) is 0 Å². The van der Waals surface area contributed by atoms with Gasteiger partial charge in [-0.05, 0) is 12.1 Å². The number of carbonyl (C=O) groups excluding carboxylic acids is 1. The fourth-order valence-corrected chi connectivity index (χ4v) is 2.45. The summed E-state index contributed by atoms with van der Waals surface area (Å²) in [6.07, 6.45) is -1.04. The van der Waals surface area contributed by atoms with Gasteiger partial charge < -0.3 is 30.3 Å². The number of hydrogen-bond donors (Lipinski definition) is 5. The van der Waals surface area contributed by atoms with Gasteiger partial charge in [0.25, 0.3) is 0 Å². The molecule has 7 nitrogen and oxygen atoms in total. The number of ketones is 1. The molecule has 7 heteroatoms. The molecule has 0 saturated heterocycles. The molecule has 0 spiro atoms. The zero-order valence-corrected chi connectivity index (χ0v) is 11.1. The third-order valence-corrected chi connectivity index (χ3v) is 3.42. The van der Waals surface area contributed by atoms with E-state index in [9.17, 15) is 30.3 Å². The Labute approximate surface area is 124 Å². The molecule has 0 bridgehead atoms. The first kappa shape index (κ1) is 13.9. The van der Waals surface area contributed by atoms with E-state index in [0.29, 0.717) is 5.56 Å². The zero-order valence-electron chi connectivity index (χ0n) is 11.1. The molecular weight excluding hydrogens is 292 g/mol. The first-order chi connectivity index (χ1) is 10.4. The largest absolute Gasteiger partial charge is 0.508 e. The summed E-state index contributed by atoms with van der Waals surface area (Å²) in [4.78, 5) is 12.2. The lowest BCUT2D eigenvalue weighted by Gasteiger charge is -2.26. The molecule has 3 rings (SSSR count). The molecule has 1 heterocycles. The second-order valence-corrected chi connectivity index (χ2v) is 4.98. The van der Waals surface area contributed by atoms with Gasteiger partial charge in [0.05, 0.1) is 6.42 Å². The molecule has 0 aromatic heterocycles. The lowest BCUT2D eigenvalue weighted by atomic mass is 9.94. The Kier molecular flexibility index (Phi) is 2.98. The van der Waals surface area contributed by atoms with Crippen molar-refractivity contribution in [2.24, 2.45) is 0 Å². The highest BCUT2D eigenvalue weighted by Gasteiger charge is 2.34. The Morgan fingerprint density at radius 1 is 0.909 bits per heavy atom. The fourth-order valence-electron chi connectivity index (χ4n) is 2.45. The van der Waals surface area contributed by atoms with Gasteiger partial charge in [0.15, 0.2) is 28.8 Å². The summed E-state index contributed by atoms with van der Waals surface area (Å²) >= 11 is 0. The summed E-state index contributed by atoms with van der Waals surface area (Å²) in [5, 5.41) is 48.0. The second-order valence-electron chi connectivity index (χ2n) is 4.98. The van der Waals surface area contributed by atoms with Gasteiger partial charge in [-0.3, -0.25) is 4.79 Å². The minimum absolute atomic E-state index is 0.188. The fraction of sp³-hybridized carbons (Fsp3) is 0.133. The van der Waals surface area contributed by atoms with Crippen molar-refractivity contribution in [3.8, 4) is 34.5 Å². The predicted octanol–water partition coefficient (Wildman–Crippen LogP) is 1.92. The Hall–Kier alpha value is -3.09. The summed E-state index contributed by atoms with van der Waals surface area (Å²) < 4.78 is 5.50. The molecule has 0 radical (unpaired) electrons. The van der Waals surface area contributed by atoms with E-state index >= 15 is 0 Å². The maximum absolute atomic E-state index is 12.2. The lowest BCUT2D eigenvalue weighted by molar-refractivity contribution is 0.0835. The van der Waals surface area contributed by atoms with Gasteiger partial charge >= 0.3 is 0 Å². The van der Waals surface area contributed by atoms with Crippen molar-refractivity contribution in [3.63, 3.8) is 0 Å². The number of phenolic OH excluding ortho intramolecular Hbond substituents is 5. The van der Waals surface area contributed by atoms with Crippen LogP contribution in [0.2, 0.25) is 0 Å². The van der Waals surface area contributed by atoms with Crippen molar-refractivity contribution in [3.05, 3.63) is 35.4 Å². The van der Waals surface area contributed by atoms with E-state index < -0.39 is 29.1 Å². The van der Waals surface area contributed by atoms with Crippen molar-refractivity contribution < 1.29 is 35.1 Å². The van der Waals surface area contributed by atoms with Crippen LogP contribution in [0.4, 0.5) is 0 Å². The summed E-state index contributed by atoms with van der Waals surface area (Å²) in [6.45, 7) is 0. The Balaban J connectivity index is 2.08. The Bertz CT molecular complexity index is 762. The van der Waals surface area contributed by atoms with Gasteiger partial charge in [0, 0.05) is 17.7 Å². The zero-order chi connectivity index (χ0) is 16.0. The van der Waals surface area contributed by atoms with Gasteiger partial charge in [0.2, 0.25) is 0 Å². The van der Waals surface area contributed by atoms with E-state index in [1.807, 2.05) is 0 Å². The van der Waals surface area contributed by atoms with Crippen molar-refractivity contribution in [1.82, 2.24) is 0 Å². The van der Waals surface area contributed by atoms with Gasteiger partial charge in [-0.1, -0.05) is 0 Å². The summed E-state index contributed by atoms with van der Waals surface area (Å²) in [5.74, 6) is -2.97. The molecular formula is C15H12O7. The van der Waals surface area contributed by atoms with Crippen LogP contribution >= 0.6 is 0 Å². The molecule has 1 aliphatic rings. The molecule has 114 valence electrons. The molecule has 0 fully saturated rings. The van der Waals surface area contributed by atoms with Crippen molar-refractivity contribution in [1.29, 1.82) is 0 Å². The molecule has 22 heavy (non-hydrogen) atoms. The van der Waals surface area contributed by atoms with Gasteiger partial charge in [-0.25, -0.2) is 0 Å². The SMILES string of the molecule is O=C1C[C@H](c2cc(O)cc(O)c2)Oc2c(O)cc(O)c(O)c21. The van der Waals surface area contributed by atoms with Gasteiger partial charge in [-0.15, -0.1) is 0 Å². The van der Waals surface area contributed by atoms with E-state index in [1.54, 1.807) is 0 Å². The predicted molar refractivity (Wildman–Crippen MR) is 73.5 cm³/mol. The Morgan fingerprint density at radius 3 is 2.18 bits per heavy atom. The minimum Gasteiger partial charge on any atom is -0.508 e. The molecule has 1 atom stereocenters. The number of hydrogen-bond acceptors (Lipinski definition) is 7. The normalized spacial score (nSPS) is 16.9. The summed E-state index contributed by atoms with van der Waals surface area (Å²) in [7, 11) is 0. The standard InChI is InChI=1S/C15H12O7/c16-7-1-6(2-8(17)3-7)12-5-9(18)13-14(21)10(19)4-11(20)15(13)22-12/h1-4,12,16-17,19-21H,5H2/t12-/m1/s1. The molecule has 1 aliphatic heterocycles. The van der Waals surface area contributed by atoms with E-state index in [-0.39, 0.29) is 29.2 Å². The number of aromatic hydroxyl groups is 5. The van der Waals surface area contributed by atoms with Crippen LogP contribution in [0, 0.1) is 0 Å². The third-order valence-electron chi connectivity index (χ3n) is 3.42. The number of ether oxygens (including phenoxy) is 1. The highest BCUT2D eigenvalue weighted by Crippen LogP contribution is 2.48. The maximum Gasteiger partial charge on any atom is 0.176 e. The maximum atomic E-state index is 12.2. The van der Waals surface area contributed by atoms with Crippen LogP contribution in [0.5, 0.6) is 34.5 Å². The van der Waals surface area contributed by atoms with E-state index in [0.717, 1.165) is 12.1 Å². The third kappa shape index (κ3) is 2.12. The van der Waals surface area contributed by atoms with Crippen LogP contribution in [0.15, 0.2) is 24.3 Å². The number of phenols is 5. The number of rotatable bonds is 1. The number of fused-ring (bicyclic) bond motifs is 1. The van der Waals surface area contributed by atoms with Crippen LogP contribution in [0.25, 0.3) is 0 Å². The van der Waals surface area contributed by atoms with Crippen LogP contribution in [0.3, 0.4) is 0 Å². The Morgan fingerprint density at radius 2 is 1.55 bits per heavy atom. The summed E-state index contributed by atoms with van der Waals surface area (Å²) in [5.41, 5.74) is 0.0431. The lowest BCUT2D eigenvalue weighted by Crippen LogP contribution is -2.20. The minimum atomic E-state index is -0.854. The van der Waals surface area contributed by atoms with Crippen LogP contribution < -0.4 is 4.74 Å². The second kappa shape index (κ2) is 4.73. The van der Waals surface area contributed by atoms with Crippen molar-refractivity contribution >= 4 is 5.78 Å².